The number of nitrogens with zero attached hydrogens (tertiary/aromatic N) is 2. The van der Waals surface area contributed by atoms with Crippen molar-refractivity contribution in [3.8, 4) is 10.6 Å². The Morgan fingerprint density at radius 1 is 1.18 bits per heavy atom. The summed E-state index contributed by atoms with van der Waals surface area (Å²) in [4.78, 5) is 18.0. The van der Waals surface area contributed by atoms with E-state index in [-0.39, 0.29) is 5.01 Å². The largest absolute Gasteiger partial charge is 0.435 e. The van der Waals surface area contributed by atoms with Crippen LogP contribution in [0, 0.1) is 12.7 Å². The summed E-state index contributed by atoms with van der Waals surface area (Å²) in [5.41, 5.74) is 1.03. The van der Waals surface area contributed by atoms with Crippen molar-refractivity contribution >= 4 is 22.9 Å². The third-order valence-corrected chi connectivity index (χ3v) is 6.73. The quantitative estimate of drug-likeness (QED) is 0.470. The zero-order valence-corrected chi connectivity index (χ0v) is 19.4. The molecule has 0 bridgehead atoms. The highest BCUT2D eigenvalue weighted by Gasteiger charge is 2.40. The van der Waals surface area contributed by atoms with Crippen molar-refractivity contribution in [1.29, 1.82) is 0 Å². The second-order valence-corrected chi connectivity index (χ2v) is 9.01. The fourth-order valence-electron chi connectivity index (χ4n) is 3.79. The monoisotopic (exact) mass is 493 g/mol. The lowest BCUT2D eigenvalue weighted by Gasteiger charge is -2.30. The summed E-state index contributed by atoms with van der Waals surface area (Å²) in [6, 6.07) is 10.7. The zero-order valence-electron chi connectivity index (χ0n) is 18.6. The number of benzene rings is 2. The van der Waals surface area contributed by atoms with Crippen LogP contribution in [0.2, 0.25) is 0 Å². The van der Waals surface area contributed by atoms with E-state index in [1.165, 1.54) is 12.1 Å². The first-order valence-corrected chi connectivity index (χ1v) is 11.5. The number of ether oxygens (including phenoxy) is 1. The SMILES string of the molecule is Cc1ccccc1-c1nc(C(F)(F)F)c(C(=O)NC(C)c2ccc(F)c(N3CCOCC3)c2)s1. The Bertz CT molecular complexity index is 1190. The predicted octanol–water partition coefficient (Wildman–Crippen LogP) is 5.60. The summed E-state index contributed by atoms with van der Waals surface area (Å²) in [7, 11) is 0. The van der Waals surface area contributed by atoms with Gasteiger partial charge < -0.3 is 15.0 Å². The lowest BCUT2D eigenvalue weighted by Crippen LogP contribution is -2.37. The van der Waals surface area contributed by atoms with Gasteiger partial charge in [-0.1, -0.05) is 30.3 Å². The highest BCUT2D eigenvalue weighted by atomic mass is 32.1. The molecule has 2 aromatic carbocycles. The molecule has 1 N–H and O–H groups in total. The number of rotatable bonds is 5. The van der Waals surface area contributed by atoms with Crippen LogP contribution in [0.4, 0.5) is 23.2 Å². The van der Waals surface area contributed by atoms with E-state index in [1.54, 1.807) is 44.2 Å². The van der Waals surface area contributed by atoms with Crippen molar-refractivity contribution in [3.63, 3.8) is 0 Å². The van der Waals surface area contributed by atoms with Crippen molar-refractivity contribution in [2.45, 2.75) is 26.1 Å². The van der Waals surface area contributed by atoms with Gasteiger partial charge in [0.15, 0.2) is 5.69 Å². The Morgan fingerprint density at radius 3 is 2.56 bits per heavy atom. The number of thiazole rings is 1. The molecule has 0 saturated carbocycles. The normalized spacial score (nSPS) is 15.3. The van der Waals surface area contributed by atoms with Crippen LogP contribution in [0.5, 0.6) is 0 Å². The second kappa shape index (κ2) is 9.71. The summed E-state index contributed by atoms with van der Waals surface area (Å²) in [5, 5.41) is 2.74. The first-order chi connectivity index (χ1) is 16.1. The van der Waals surface area contributed by atoms with Gasteiger partial charge in [-0.25, -0.2) is 9.37 Å². The van der Waals surface area contributed by atoms with Crippen LogP contribution in [0.15, 0.2) is 42.5 Å². The van der Waals surface area contributed by atoms with Gasteiger partial charge in [-0.3, -0.25) is 4.79 Å². The molecule has 0 radical (unpaired) electrons. The first kappa shape index (κ1) is 24.2. The van der Waals surface area contributed by atoms with E-state index >= 15 is 0 Å². The minimum atomic E-state index is -4.78. The Labute approximate surface area is 198 Å². The maximum absolute atomic E-state index is 14.4. The van der Waals surface area contributed by atoms with E-state index in [4.69, 9.17) is 4.74 Å². The molecule has 180 valence electrons. The summed E-state index contributed by atoms with van der Waals surface area (Å²) in [6.07, 6.45) is -4.78. The molecular formula is C24H23F4N3O2S. The lowest BCUT2D eigenvalue weighted by molar-refractivity contribution is -0.141. The Hall–Kier alpha value is -2.98. The molecule has 10 heteroatoms. The number of hydrogen-bond acceptors (Lipinski definition) is 5. The molecule has 34 heavy (non-hydrogen) atoms. The van der Waals surface area contributed by atoms with Crippen LogP contribution in [0.1, 0.15) is 39.5 Å². The molecule has 4 rings (SSSR count). The molecule has 1 aromatic heterocycles. The molecule has 1 unspecified atom stereocenters. The van der Waals surface area contributed by atoms with Crippen LogP contribution < -0.4 is 10.2 Å². The maximum atomic E-state index is 14.4. The standard InChI is InChI=1S/C24H23F4N3O2S/c1-14-5-3-4-6-17(14)23-30-21(24(26,27)28)20(34-23)22(32)29-15(2)16-7-8-18(25)19(13-16)31-9-11-33-12-10-31/h3-8,13,15H,9-12H2,1-2H3,(H,29,32). The smallest absolute Gasteiger partial charge is 0.378 e. The summed E-state index contributed by atoms with van der Waals surface area (Å²) < 4.78 is 60.9. The second-order valence-electron chi connectivity index (χ2n) is 8.01. The molecule has 5 nitrogen and oxygen atoms in total. The Balaban J connectivity index is 1.61. The number of aromatic nitrogens is 1. The number of carbonyl (C=O) groups is 1. The average Bonchev–Trinajstić information content (AvgIpc) is 3.26. The number of alkyl halides is 3. The average molecular weight is 494 g/mol. The van der Waals surface area contributed by atoms with E-state index in [2.05, 4.69) is 10.3 Å². The van der Waals surface area contributed by atoms with Crippen molar-refractivity contribution in [2.75, 3.05) is 31.2 Å². The number of morpholine rings is 1. The molecule has 1 fully saturated rings. The topological polar surface area (TPSA) is 54.5 Å². The Kier molecular flexibility index (Phi) is 6.90. The number of aryl methyl sites for hydroxylation is 1. The van der Waals surface area contributed by atoms with Crippen molar-refractivity contribution in [3.05, 3.63) is 70.0 Å². The molecule has 1 saturated heterocycles. The minimum Gasteiger partial charge on any atom is -0.378 e. The van der Waals surface area contributed by atoms with Gasteiger partial charge in [0, 0.05) is 18.7 Å². The molecule has 0 aliphatic carbocycles. The maximum Gasteiger partial charge on any atom is 0.435 e. The molecule has 0 spiro atoms. The number of amides is 1. The highest BCUT2D eigenvalue weighted by molar-refractivity contribution is 7.17. The molecule has 1 atom stereocenters. The van der Waals surface area contributed by atoms with E-state index < -0.39 is 34.5 Å². The van der Waals surface area contributed by atoms with Crippen LogP contribution >= 0.6 is 11.3 Å². The van der Waals surface area contributed by atoms with Crippen molar-refractivity contribution in [2.24, 2.45) is 0 Å². The van der Waals surface area contributed by atoms with E-state index in [0.29, 0.717) is 54.5 Å². The fourth-order valence-corrected chi connectivity index (χ4v) is 4.86. The third-order valence-electron chi connectivity index (χ3n) is 5.65. The third kappa shape index (κ3) is 5.07. The molecule has 1 amide bonds. The highest BCUT2D eigenvalue weighted by Crippen LogP contribution is 2.38. The van der Waals surface area contributed by atoms with Gasteiger partial charge in [-0.2, -0.15) is 13.2 Å². The van der Waals surface area contributed by atoms with Gasteiger partial charge >= 0.3 is 6.18 Å². The molecular weight excluding hydrogens is 470 g/mol. The number of hydrogen-bond donors (Lipinski definition) is 1. The van der Waals surface area contributed by atoms with Crippen LogP contribution in [-0.2, 0) is 10.9 Å². The first-order valence-electron chi connectivity index (χ1n) is 10.7. The molecule has 1 aliphatic rings. The molecule has 3 aromatic rings. The zero-order chi connectivity index (χ0) is 24.5. The number of anilines is 1. The van der Waals surface area contributed by atoms with Gasteiger partial charge in [0.25, 0.3) is 5.91 Å². The van der Waals surface area contributed by atoms with Gasteiger partial charge in [0.05, 0.1) is 24.9 Å². The van der Waals surface area contributed by atoms with Gasteiger partial charge in [0.2, 0.25) is 0 Å². The fraction of sp³-hybridized carbons (Fsp3) is 0.333. The summed E-state index contributed by atoms with van der Waals surface area (Å²) >= 11 is 0.702. The van der Waals surface area contributed by atoms with Crippen molar-refractivity contribution < 1.29 is 27.1 Å². The van der Waals surface area contributed by atoms with Gasteiger partial charge in [0.1, 0.15) is 15.7 Å². The van der Waals surface area contributed by atoms with Crippen LogP contribution in [0.25, 0.3) is 10.6 Å². The summed E-state index contributed by atoms with van der Waals surface area (Å²) in [5.74, 6) is -1.29. The van der Waals surface area contributed by atoms with E-state index in [1.807, 2.05) is 4.90 Å². The molecule has 1 aliphatic heterocycles. The molecule has 2 heterocycles. The predicted molar refractivity (Wildman–Crippen MR) is 123 cm³/mol. The summed E-state index contributed by atoms with van der Waals surface area (Å²) in [6.45, 7) is 5.42. The number of carbonyl (C=O) groups excluding carboxylic acids is 1. The minimum absolute atomic E-state index is 0.125. The van der Waals surface area contributed by atoms with Crippen LogP contribution in [0.3, 0.4) is 0 Å². The lowest BCUT2D eigenvalue weighted by atomic mass is 10.1. The number of halogens is 4. The van der Waals surface area contributed by atoms with E-state index in [0.717, 1.165) is 5.56 Å². The van der Waals surface area contributed by atoms with E-state index in [9.17, 15) is 22.4 Å². The number of nitrogens with one attached hydrogen (secondary N) is 1. The Morgan fingerprint density at radius 2 is 1.88 bits per heavy atom. The van der Waals surface area contributed by atoms with Gasteiger partial charge in [-0.15, -0.1) is 11.3 Å². The van der Waals surface area contributed by atoms with Gasteiger partial charge in [-0.05, 0) is 37.1 Å². The van der Waals surface area contributed by atoms with Crippen LogP contribution in [-0.4, -0.2) is 37.2 Å². The van der Waals surface area contributed by atoms with Crippen molar-refractivity contribution in [1.82, 2.24) is 10.3 Å².